The SMILES string of the molecule is Cc1ccc(S(=O)(=O)N2CCN(c3cc(Nc4ccccn4)nc(C)n3)CC2)cc1. The van der Waals surface area contributed by atoms with E-state index in [9.17, 15) is 8.42 Å². The molecule has 1 aromatic carbocycles. The number of pyridine rings is 1. The van der Waals surface area contributed by atoms with Crippen molar-refractivity contribution in [3.8, 4) is 0 Å². The van der Waals surface area contributed by atoms with Crippen molar-refractivity contribution in [1.82, 2.24) is 19.3 Å². The number of aromatic nitrogens is 3. The number of nitrogens with one attached hydrogen (secondary N) is 1. The Hall–Kier alpha value is -3.04. The van der Waals surface area contributed by atoms with E-state index in [1.165, 1.54) is 4.31 Å². The topological polar surface area (TPSA) is 91.3 Å². The molecule has 8 nitrogen and oxygen atoms in total. The Morgan fingerprint density at radius 2 is 1.63 bits per heavy atom. The van der Waals surface area contributed by atoms with Crippen LogP contribution in [0, 0.1) is 13.8 Å². The number of nitrogens with zero attached hydrogens (tertiary/aromatic N) is 5. The summed E-state index contributed by atoms with van der Waals surface area (Å²) >= 11 is 0. The summed E-state index contributed by atoms with van der Waals surface area (Å²) in [5, 5.41) is 3.19. The molecule has 1 N–H and O–H groups in total. The van der Waals surface area contributed by atoms with Gasteiger partial charge < -0.3 is 10.2 Å². The first-order chi connectivity index (χ1) is 14.4. The number of anilines is 3. The zero-order chi connectivity index (χ0) is 21.1. The first kappa shape index (κ1) is 20.2. The molecule has 1 fully saturated rings. The van der Waals surface area contributed by atoms with Gasteiger partial charge >= 0.3 is 0 Å². The van der Waals surface area contributed by atoms with E-state index in [0.29, 0.717) is 48.5 Å². The van der Waals surface area contributed by atoms with Crippen LogP contribution < -0.4 is 10.2 Å². The van der Waals surface area contributed by atoms with Gasteiger partial charge in [-0.1, -0.05) is 23.8 Å². The second-order valence-electron chi connectivity index (χ2n) is 7.20. The fraction of sp³-hybridized carbons (Fsp3) is 0.286. The number of hydrogen-bond acceptors (Lipinski definition) is 7. The van der Waals surface area contributed by atoms with Crippen molar-refractivity contribution < 1.29 is 8.42 Å². The summed E-state index contributed by atoms with van der Waals surface area (Å²) in [5.74, 6) is 2.77. The summed E-state index contributed by atoms with van der Waals surface area (Å²) in [6.45, 7) is 5.71. The lowest BCUT2D eigenvalue weighted by Gasteiger charge is -2.34. The van der Waals surface area contributed by atoms with Crippen LogP contribution in [0.1, 0.15) is 11.4 Å². The zero-order valence-electron chi connectivity index (χ0n) is 17.0. The normalized spacial score (nSPS) is 15.2. The van der Waals surface area contributed by atoms with Crippen LogP contribution in [0.5, 0.6) is 0 Å². The first-order valence-electron chi connectivity index (χ1n) is 9.77. The minimum Gasteiger partial charge on any atom is -0.354 e. The van der Waals surface area contributed by atoms with Gasteiger partial charge in [0.25, 0.3) is 0 Å². The highest BCUT2D eigenvalue weighted by Gasteiger charge is 2.29. The highest BCUT2D eigenvalue weighted by Crippen LogP contribution is 2.23. The third kappa shape index (κ3) is 4.42. The van der Waals surface area contributed by atoms with Crippen LogP contribution >= 0.6 is 0 Å². The summed E-state index contributed by atoms with van der Waals surface area (Å²) in [6, 6.07) is 14.5. The number of sulfonamides is 1. The molecule has 0 saturated carbocycles. The van der Waals surface area contributed by atoms with Gasteiger partial charge in [-0.2, -0.15) is 4.31 Å². The van der Waals surface area contributed by atoms with Gasteiger partial charge in [0.05, 0.1) is 4.90 Å². The number of benzene rings is 1. The van der Waals surface area contributed by atoms with Crippen LogP contribution in [0.2, 0.25) is 0 Å². The minimum absolute atomic E-state index is 0.335. The van der Waals surface area contributed by atoms with Crippen molar-refractivity contribution in [3.05, 3.63) is 66.1 Å². The lowest BCUT2D eigenvalue weighted by atomic mass is 10.2. The predicted molar refractivity (Wildman–Crippen MR) is 116 cm³/mol. The van der Waals surface area contributed by atoms with Crippen molar-refractivity contribution >= 4 is 27.5 Å². The van der Waals surface area contributed by atoms with Gasteiger partial charge in [0, 0.05) is 38.4 Å². The number of rotatable bonds is 5. The lowest BCUT2D eigenvalue weighted by Crippen LogP contribution is -2.49. The Kier molecular flexibility index (Phi) is 5.65. The van der Waals surface area contributed by atoms with E-state index in [-0.39, 0.29) is 0 Å². The molecule has 0 unspecified atom stereocenters. The molecule has 3 heterocycles. The van der Waals surface area contributed by atoms with Crippen molar-refractivity contribution in [2.75, 3.05) is 36.4 Å². The molecule has 0 atom stereocenters. The third-order valence-corrected chi connectivity index (χ3v) is 6.88. The second kappa shape index (κ2) is 8.37. The summed E-state index contributed by atoms with van der Waals surface area (Å²) < 4.78 is 27.4. The molecule has 1 saturated heterocycles. The van der Waals surface area contributed by atoms with E-state index >= 15 is 0 Å². The summed E-state index contributed by atoms with van der Waals surface area (Å²) in [4.78, 5) is 15.6. The molecule has 3 aromatic rings. The molecule has 0 aliphatic carbocycles. The Bertz CT molecular complexity index is 1110. The molecule has 156 valence electrons. The van der Waals surface area contributed by atoms with Gasteiger partial charge in [-0.3, -0.25) is 0 Å². The van der Waals surface area contributed by atoms with E-state index in [2.05, 4.69) is 25.2 Å². The Labute approximate surface area is 176 Å². The summed E-state index contributed by atoms with van der Waals surface area (Å²) in [5.41, 5.74) is 1.04. The van der Waals surface area contributed by atoms with Gasteiger partial charge in [0.1, 0.15) is 23.3 Å². The molecule has 2 aromatic heterocycles. The number of hydrogen-bond donors (Lipinski definition) is 1. The monoisotopic (exact) mass is 424 g/mol. The van der Waals surface area contributed by atoms with E-state index in [1.807, 2.05) is 50.2 Å². The van der Waals surface area contributed by atoms with Crippen LogP contribution in [-0.4, -0.2) is 53.9 Å². The molecule has 4 rings (SSSR count). The zero-order valence-corrected chi connectivity index (χ0v) is 17.8. The Morgan fingerprint density at radius 1 is 0.900 bits per heavy atom. The van der Waals surface area contributed by atoms with Crippen molar-refractivity contribution in [3.63, 3.8) is 0 Å². The van der Waals surface area contributed by atoms with E-state index in [0.717, 1.165) is 11.4 Å². The largest absolute Gasteiger partial charge is 0.354 e. The molecule has 1 aliphatic rings. The van der Waals surface area contributed by atoms with Crippen molar-refractivity contribution in [2.24, 2.45) is 0 Å². The smallest absolute Gasteiger partial charge is 0.243 e. The standard InChI is InChI=1S/C21H24N6O2S/c1-16-6-8-18(9-7-16)30(28,29)27-13-11-26(12-14-27)21-15-20(23-17(2)24-21)25-19-5-3-4-10-22-19/h3-10,15H,11-14H2,1-2H3,(H,22,23,24,25). The van der Waals surface area contributed by atoms with Gasteiger partial charge in [-0.15, -0.1) is 0 Å². The molecule has 0 bridgehead atoms. The van der Waals surface area contributed by atoms with Gasteiger partial charge in [0.2, 0.25) is 10.0 Å². The van der Waals surface area contributed by atoms with Crippen molar-refractivity contribution in [1.29, 1.82) is 0 Å². The number of aryl methyl sites for hydroxylation is 2. The van der Waals surface area contributed by atoms with Crippen molar-refractivity contribution in [2.45, 2.75) is 18.7 Å². The fourth-order valence-electron chi connectivity index (χ4n) is 3.36. The van der Waals surface area contributed by atoms with E-state index in [4.69, 9.17) is 0 Å². The highest BCUT2D eigenvalue weighted by molar-refractivity contribution is 7.89. The predicted octanol–water partition coefficient (Wildman–Crippen LogP) is 2.74. The Balaban J connectivity index is 1.47. The first-order valence-corrected chi connectivity index (χ1v) is 11.2. The molecule has 0 radical (unpaired) electrons. The maximum absolute atomic E-state index is 12.9. The molecule has 30 heavy (non-hydrogen) atoms. The van der Waals surface area contributed by atoms with Gasteiger partial charge in [-0.05, 0) is 38.1 Å². The summed E-state index contributed by atoms with van der Waals surface area (Å²) in [6.07, 6.45) is 1.71. The van der Waals surface area contributed by atoms with E-state index < -0.39 is 10.0 Å². The van der Waals surface area contributed by atoms with Crippen LogP contribution in [0.4, 0.5) is 17.5 Å². The molecular weight excluding hydrogens is 400 g/mol. The maximum Gasteiger partial charge on any atom is 0.243 e. The molecule has 0 spiro atoms. The molecular formula is C21H24N6O2S. The summed E-state index contributed by atoms with van der Waals surface area (Å²) in [7, 11) is -3.49. The van der Waals surface area contributed by atoms with Crippen LogP contribution in [0.25, 0.3) is 0 Å². The second-order valence-corrected chi connectivity index (χ2v) is 9.14. The van der Waals surface area contributed by atoms with Crippen LogP contribution in [0.15, 0.2) is 59.6 Å². The average molecular weight is 425 g/mol. The van der Waals surface area contributed by atoms with Crippen LogP contribution in [-0.2, 0) is 10.0 Å². The van der Waals surface area contributed by atoms with Gasteiger partial charge in [0.15, 0.2) is 0 Å². The van der Waals surface area contributed by atoms with Gasteiger partial charge in [-0.25, -0.2) is 23.4 Å². The minimum atomic E-state index is -3.49. The van der Waals surface area contributed by atoms with Crippen LogP contribution in [0.3, 0.4) is 0 Å². The lowest BCUT2D eigenvalue weighted by molar-refractivity contribution is 0.383. The third-order valence-electron chi connectivity index (χ3n) is 4.97. The quantitative estimate of drug-likeness (QED) is 0.673. The molecule has 0 amide bonds. The molecule has 1 aliphatic heterocycles. The number of piperazine rings is 1. The Morgan fingerprint density at radius 3 is 2.30 bits per heavy atom. The fourth-order valence-corrected chi connectivity index (χ4v) is 4.78. The molecule has 9 heteroatoms. The average Bonchev–Trinajstić information content (AvgIpc) is 2.74. The van der Waals surface area contributed by atoms with E-state index in [1.54, 1.807) is 18.3 Å². The highest BCUT2D eigenvalue weighted by atomic mass is 32.2. The maximum atomic E-state index is 12.9.